The van der Waals surface area contributed by atoms with Gasteiger partial charge in [0.15, 0.2) is 6.61 Å². The molecule has 0 bridgehead atoms. The van der Waals surface area contributed by atoms with Gasteiger partial charge in [-0.1, -0.05) is 15.9 Å². The van der Waals surface area contributed by atoms with Gasteiger partial charge in [-0.15, -0.1) is 0 Å². The van der Waals surface area contributed by atoms with E-state index in [2.05, 4.69) is 21.2 Å². The number of nitrogens with two attached hydrogens (primary N) is 1. The van der Waals surface area contributed by atoms with Crippen LogP contribution in [-0.4, -0.2) is 24.6 Å². The maximum atomic E-state index is 11.9. The van der Waals surface area contributed by atoms with Crippen molar-refractivity contribution in [1.82, 2.24) is 5.32 Å². The van der Waals surface area contributed by atoms with Crippen molar-refractivity contribution in [2.45, 2.75) is 25.3 Å². The van der Waals surface area contributed by atoms with Crippen LogP contribution in [-0.2, 0) is 4.79 Å². The van der Waals surface area contributed by atoms with E-state index in [1.54, 1.807) is 0 Å². The lowest BCUT2D eigenvalue weighted by molar-refractivity contribution is -0.125. The number of hydrogen-bond donors (Lipinski definition) is 2. The number of halogens is 1. The minimum Gasteiger partial charge on any atom is -0.484 e. The summed E-state index contributed by atoms with van der Waals surface area (Å²) in [6.07, 6.45) is 2.28. The normalized spacial score (nSPS) is 17.6. The first kappa shape index (κ1) is 14.3. The van der Waals surface area contributed by atoms with Crippen LogP contribution in [0.3, 0.4) is 0 Å². The first-order valence-corrected chi connectivity index (χ1v) is 7.22. The number of nitrogens with one attached hydrogen (secondary N) is 1. The summed E-state index contributed by atoms with van der Waals surface area (Å²) in [4.78, 5) is 11.9. The lowest BCUT2D eigenvalue weighted by Crippen LogP contribution is -2.54. The molecule has 1 aromatic rings. The van der Waals surface area contributed by atoms with Crippen LogP contribution in [0.2, 0.25) is 0 Å². The fourth-order valence-electron chi connectivity index (χ4n) is 2.07. The maximum Gasteiger partial charge on any atom is 0.258 e. The summed E-state index contributed by atoms with van der Waals surface area (Å²) in [5, 5.41) is 2.99. The third kappa shape index (κ3) is 3.94. The van der Waals surface area contributed by atoms with Gasteiger partial charge in [-0.2, -0.15) is 0 Å². The molecule has 0 aromatic heterocycles. The van der Waals surface area contributed by atoms with Crippen LogP contribution < -0.4 is 15.8 Å². The second-order valence-corrected chi connectivity index (χ2v) is 6.10. The van der Waals surface area contributed by atoms with E-state index < -0.39 is 0 Å². The molecule has 3 N–H and O–H groups in total. The molecule has 1 amide bonds. The second kappa shape index (κ2) is 5.92. The number of carbonyl (C=O) groups is 1. The zero-order valence-electron chi connectivity index (χ0n) is 11.0. The molecule has 2 rings (SSSR count). The predicted octanol–water partition coefficient (Wildman–Crippen LogP) is 2.07. The monoisotopic (exact) mass is 326 g/mol. The predicted molar refractivity (Wildman–Crippen MR) is 78.0 cm³/mol. The number of rotatable bonds is 6. The van der Waals surface area contributed by atoms with Gasteiger partial charge in [0.2, 0.25) is 0 Å². The molecule has 4 nitrogen and oxygen atoms in total. The lowest BCUT2D eigenvalue weighted by atomic mass is 9.96. The minimum absolute atomic E-state index is 0.0178. The van der Waals surface area contributed by atoms with Crippen molar-refractivity contribution < 1.29 is 9.53 Å². The van der Waals surface area contributed by atoms with Gasteiger partial charge in [-0.3, -0.25) is 4.79 Å². The lowest BCUT2D eigenvalue weighted by Gasteiger charge is -2.29. The Morgan fingerprint density at radius 1 is 1.47 bits per heavy atom. The molecule has 0 saturated heterocycles. The van der Waals surface area contributed by atoms with Gasteiger partial charge < -0.3 is 15.8 Å². The molecule has 1 aliphatic carbocycles. The molecule has 104 valence electrons. The van der Waals surface area contributed by atoms with Crippen LogP contribution in [0, 0.1) is 5.92 Å². The first-order valence-electron chi connectivity index (χ1n) is 6.43. The van der Waals surface area contributed by atoms with E-state index in [1.807, 2.05) is 31.2 Å². The fourth-order valence-corrected chi connectivity index (χ4v) is 2.34. The molecule has 1 saturated carbocycles. The van der Waals surface area contributed by atoms with E-state index in [4.69, 9.17) is 10.5 Å². The van der Waals surface area contributed by atoms with Crippen LogP contribution in [0.1, 0.15) is 19.8 Å². The third-order valence-electron chi connectivity index (χ3n) is 3.51. The highest BCUT2D eigenvalue weighted by molar-refractivity contribution is 9.10. The molecule has 1 aliphatic rings. The number of ether oxygens (including phenoxy) is 1. The minimum atomic E-state index is -0.292. The molecule has 5 heteroatoms. The quantitative estimate of drug-likeness (QED) is 0.841. The number of hydrogen-bond acceptors (Lipinski definition) is 3. The Kier molecular flexibility index (Phi) is 4.47. The highest BCUT2D eigenvalue weighted by Crippen LogP contribution is 2.38. The SMILES string of the molecule is CC(CN)(NC(=O)COc1ccc(Br)cc1)C1CC1. The van der Waals surface area contributed by atoms with Gasteiger partial charge in [0, 0.05) is 11.0 Å². The molecule has 1 fully saturated rings. The van der Waals surface area contributed by atoms with Crippen LogP contribution >= 0.6 is 15.9 Å². The van der Waals surface area contributed by atoms with Crippen LogP contribution in [0.25, 0.3) is 0 Å². The van der Waals surface area contributed by atoms with E-state index in [0.717, 1.165) is 17.3 Å². The molecule has 1 atom stereocenters. The van der Waals surface area contributed by atoms with Gasteiger partial charge in [0.1, 0.15) is 5.75 Å². The van der Waals surface area contributed by atoms with Gasteiger partial charge in [-0.05, 0) is 49.9 Å². The zero-order chi connectivity index (χ0) is 13.9. The average molecular weight is 327 g/mol. The van der Waals surface area contributed by atoms with E-state index in [1.165, 1.54) is 0 Å². The molecule has 19 heavy (non-hydrogen) atoms. The summed E-state index contributed by atoms with van der Waals surface area (Å²) < 4.78 is 6.42. The maximum absolute atomic E-state index is 11.9. The van der Waals surface area contributed by atoms with Crippen molar-refractivity contribution in [2.24, 2.45) is 11.7 Å². The second-order valence-electron chi connectivity index (χ2n) is 5.19. The summed E-state index contributed by atoms with van der Waals surface area (Å²) in [5.41, 5.74) is 5.47. The number of carbonyl (C=O) groups excluding carboxylic acids is 1. The molecule has 0 aliphatic heterocycles. The van der Waals surface area contributed by atoms with Crippen LogP contribution in [0.15, 0.2) is 28.7 Å². The van der Waals surface area contributed by atoms with E-state index in [9.17, 15) is 4.79 Å². The molecule has 1 unspecified atom stereocenters. The number of benzene rings is 1. The van der Waals surface area contributed by atoms with E-state index >= 15 is 0 Å². The fraction of sp³-hybridized carbons (Fsp3) is 0.500. The van der Waals surface area contributed by atoms with E-state index in [0.29, 0.717) is 18.2 Å². The van der Waals surface area contributed by atoms with Crippen molar-refractivity contribution in [3.8, 4) is 5.75 Å². The smallest absolute Gasteiger partial charge is 0.258 e. The van der Waals surface area contributed by atoms with Crippen LogP contribution in [0.5, 0.6) is 5.75 Å². The zero-order valence-corrected chi connectivity index (χ0v) is 12.6. The Morgan fingerprint density at radius 3 is 2.63 bits per heavy atom. The first-order chi connectivity index (χ1) is 9.03. The molecular weight excluding hydrogens is 308 g/mol. The van der Waals surface area contributed by atoms with E-state index in [-0.39, 0.29) is 18.1 Å². The molecule has 0 heterocycles. The summed E-state index contributed by atoms with van der Waals surface area (Å²) in [7, 11) is 0. The van der Waals surface area contributed by atoms with Crippen molar-refractivity contribution in [3.05, 3.63) is 28.7 Å². The number of amides is 1. The summed E-state index contributed by atoms with van der Waals surface area (Å²) in [6.45, 7) is 2.48. The third-order valence-corrected chi connectivity index (χ3v) is 4.04. The topological polar surface area (TPSA) is 64.3 Å². The van der Waals surface area contributed by atoms with Crippen molar-refractivity contribution in [3.63, 3.8) is 0 Å². The van der Waals surface area contributed by atoms with Gasteiger partial charge >= 0.3 is 0 Å². The van der Waals surface area contributed by atoms with Crippen molar-refractivity contribution in [1.29, 1.82) is 0 Å². The Labute approximate surface area is 121 Å². The summed E-state index contributed by atoms with van der Waals surface area (Å²) in [6, 6.07) is 7.39. The van der Waals surface area contributed by atoms with Crippen molar-refractivity contribution in [2.75, 3.05) is 13.2 Å². The molecule has 0 radical (unpaired) electrons. The molecule has 1 aromatic carbocycles. The molecular formula is C14H19BrN2O2. The summed E-state index contributed by atoms with van der Waals surface area (Å²) in [5.74, 6) is 1.07. The van der Waals surface area contributed by atoms with Gasteiger partial charge in [0.05, 0.1) is 5.54 Å². The van der Waals surface area contributed by atoms with Crippen molar-refractivity contribution >= 4 is 21.8 Å². The summed E-state index contributed by atoms with van der Waals surface area (Å²) >= 11 is 3.35. The Balaban J connectivity index is 1.82. The molecule has 0 spiro atoms. The largest absolute Gasteiger partial charge is 0.484 e. The highest BCUT2D eigenvalue weighted by Gasteiger charge is 2.41. The van der Waals surface area contributed by atoms with Gasteiger partial charge in [0.25, 0.3) is 5.91 Å². The highest BCUT2D eigenvalue weighted by atomic mass is 79.9. The Morgan fingerprint density at radius 2 is 2.11 bits per heavy atom. The standard InChI is InChI=1S/C14H19BrN2O2/c1-14(9-16,10-2-3-10)17-13(18)8-19-12-6-4-11(15)5-7-12/h4-7,10H,2-3,8-9,16H2,1H3,(H,17,18). The Hall–Kier alpha value is -1.07. The van der Waals surface area contributed by atoms with Crippen LogP contribution in [0.4, 0.5) is 0 Å². The van der Waals surface area contributed by atoms with Gasteiger partial charge in [-0.25, -0.2) is 0 Å². The average Bonchev–Trinajstić information content (AvgIpc) is 3.22. The Bertz CT molecular complexity index is 445.